The Kier molecular flexibility index (Phi) is 5.76. The maximum Gasteiger partial charge on any atom is 0.192 e. The Hall–Kier alpha value is -2.38. The highest BCUT2D eigenvalue weighted by Gasteiger charge is 2.26. The number of aromatic nitrogens is 4. The van der Waals surface area contributed by atoms with E-state index in [0.717, 1.165) is 5.56 Å². The number of aryl methyl sites for hydroxylation is 1. The van der Waals surface area contributed by atoms with E-state index in [1.54, 1.807) is 26.0 Å². The second kappa shape index (κ2) is 7.93. The molecule has 1 unspecified atom stereocenters. The van der Waals surface area contributed by atoms with Gasteiger partial charge in [-0.3, -0.25) is 9.59 Å². The lowest BCUT2D eigenvalue weighted by atomic mass is 10.0. The SMILES string of the molecule is CC(=O)c1c(C)[nH]c(C(=O)C(C)Sc2nnc(-c3ccc(Cl)cc3)n2C)c1C. The van der Waals surface area contributed by atoms with E-state index in [2.05, 4.69) is 15.2 Å². The summed E-state index contributed by atoms with van der Waals surface area (Å²) in [6, 6.07) is 7.36. The molecule has 0 radical (unpaired) electrons. The van der Waals surface area contributed by atoms with E-state index in [4.69, 9.17) is 11.6 Å². The van der Waals surface area contributed by atoms with Gasteiger partial charge in [-0.05, 0) is 57.5 Å². The van der Waals surface area contributed by atoms with Gasteiger partial charge in [0.25, 0.3) is 0 Å². The van der Waals surface area contributed by atoms with Crippen molar-refractivity contribution in [1.82, 2.24) is 19.7 Å². The van der Waals surface area contributed by atoms with Crippen LogP contribution in [0.1, 0.15) is 46.0 Å². The third kappa shape index (κ3) is 3.77. The highest BCUT2D eigenvalue weighted by molar-refractivity contribution is 8.00. The van der Waals surface area contributed by atoms with Crippen LogP contribution in [-0.2, 0) is 7.05 Å². The Morgan fingerprint density at radius 2 is 1.82 bits per heavy atom. The molecule has 0 amide bonds. The Labute approximate surface area is 172 Å². The van der Waals surface area contributed by atoms with Crippen LogP contribution in [0.25, 0.3) is 11.4 Å². The van der Waals surface area contributed by atoms with E-state index >= 15 is 0 Å². The van der Waals surface area contributed by atoms with Gasteiger partial charge in [-0.15, -0.1) is 10.2 Å². The van der Waals surface area contributed by atoms with Gasteiger partial charge in [0, 0.05) is 28.9 Å². The van der Waals surface area contributed by atoms with Gasteiger partial charge >= 0.3 is 0 Å². The quantitative estimate of drug-likeness (QED) is 0.467. The Morgan fingerprint density at radius 1 is 1.18 bits per heavy atom. The molecule has 8 heteroatoms. The number of hydrogen-bond acceptors (Lipinski definition) is 5. The fourth-order valence-corrected chi connectivity index (χ4v) is 4.21. The number of benzene rings is 1. The molecule has 28 heavy (non-hydrogen) atoms. The standard InChI is InChI=1S/C20H21ClN4O2S/c1-10-16(12(3)26)11(2)22-17(10)18(27)13(4)28-20-24-23-19(25(20)5)14-6-8-15(21)9-7-14/h6-9,13,22H,1-5H3. The molecule has 0 saturated heterocycles. The van der Waals surface area contributed by atoms with Crippen LogP contribution in [0.2, 0.25) is 5.02 Å². The Balaban J connectivity index is 1.83. The Bertz CT molecular complexity index is 1050. The van der Waals surface area contributed by atoms with Gasteiger partial charge in [0.15, 0.2) is 22.5 Å². The minimum absolute atomic E-state index is 0.0495. The molecule has 0 spiro atoms. The van der Waals surface area contributed by atoms with Crippen molar-refractivity contribution in [3.8, 4) is 11.4 Å². The molecule has 0 aliphatic carbocycles. The van der Waals surface area contributed by atoms with Gasteiger partial charge < -0.3 is 9.55 Å². The van der Waals surface area contributed by atoms with E-state index in [0.29, 0.717) is 38.5 Å². The third-order valence-corrected chi connectivity index (χ3v) is 6.01. The second-order valence-electron chi connectivity index (χ2n) is 6.68. The van der Waals surface area contributed by atoms with Crippen LogP contribution in [0, 0.1) is 13.8 Å². The van der Waals surface area contributed by atoms with Crippen molar-refractivity contribution in [2.45, 2.75) is 38.1 Å². The lowest BCUT2D eigenvalue weighted by Gasteiger charge is -2.10. The first kappa shape index (κ1) is 20.4. The number of carbonyl (C=O) groups excluding carboxylic acids is 2. The number of H-pyrrole nitrogens is 1. The average Bonchev–Trinajstić information content (AvgIpc) is 3.14. The van der Waals surface area contributed by atoms with Gasteiger partial charge in [-0.2, -0.15) is 0 Å². The first-order valence-electron chi connectivity index (χ1n) is 8.77. The molecule has 0 fully saturated rings. The van der Waals surface area contributed by atoms with E-state index in [9.17, 15) is 9.59 Å². The van der Waals surface area contributed by atoms with Crippen LogP contribution in [0.4, 0.5) is 0 Å². The molecule has 6 nitrogen and oxygen atoms in total. The normalized spacial score (nSPS) is 12.2. The van der Waals surface area contributed by atoms with Gasteiger partial charge in [0.1, 0.15) is 0 Å². The summed E-state index contributed by atoms with van der Waals surface area (Å²) in [6.07, 6.45) is 0. The maximum atomic E-state index is 12.9. The van der Waals surface area contributed by atoms with Crippen molar-refractivity contribution < 1.29 is 9.59 Å². The number of aromatic amines is 1. The van der Waals surface area contributed by atoms with Gasteiger partial charge in [0.2, 0.25) is 0 Å². The molecule has 3 rings (SSSR count). The van der Waals surface area contributed by atoms with Gasteiger partial charge in [0.05, 0.1) is 10.9 Å². The summed E-state index contributed by atoms with van der Waals surface area (Å²) in [6.45, 7) is 6.94. The predicted octanol–water partition coefficient (Wildman–Crippen LogP) is 4.65. The fraction of sp³-hybridized carbons (Fsp3) is 0.300. The van der Waals surface area contributed by atoms with Crippen molar-refractivity contribution in [2.75, 3.05) is 0 Å². The van der Waals surface area contributed by atoms with Gasteiger partial charge in [-0.25, -0.2) is 0 Å². The lowest BCUT2D eigenvalue weighted by molar-refractivity contribution is 0.0988. The van der Waals surface area contributed by atoms with E-state index in [1.807, 2.05) is 30.7 Å². The average molecular weight is 417 g/mol. The number of carbonyl (C=O) groups is 2. The predicted molar refractivity (Wildman–Crippen MR) is 111 cm³/mol. The number of ketones is 2. The number of Topliss-reactive ketones (excluding diaryl/α,β-unsaturated/α-hetero) is 2. The molecular weight excluding hydrogens is 396 g/mol. The van der Waals surface area contributed by atoms with Crippen molar-refractivity contribution in [3.63, 3.8) is 0 Å². The number of nitrogens with zero attached hydrogens (tertiary/aromatic N) is 3. The summed E-state index contributed by atoms with van der Waals surface area (Å²) in [4.78, 5) is 27.8. The molecule has 1 aromatic carbocycles. The smallest absolute Gasteiger partial charge is 0.192 e. The number of halogens is 1. The number of thioether (sulfide) groups is 1. The number of hydrogen-bond donors (Lipinski definition) is 1. The van der Waals surface area contributed by atoms with Crippen molar-refractivity contribution in [1.29, 1.82) is 0 Å². The molecule has 0 bridgehead atoms. The minimum atomic E-state index is -0.391. The molecule has 0 aliphatic rings. The first-order chi connectivity index (χ1) is 13.2. The number of rotatable bonds is 6. The van der Waals surface area contributed by atoms with Crippen molar-refractivity contribution >= 4 is 34.9 Å². The molecule has 2 aromatic heterocycles. The summed E-state index contributed by atoms with van der Waals surface area (Å²) in [5, 5.41) is 9.38. The molecule has 146 valence electrons. The molecule has 0 saturated carbocycles. The van der Waals surface area contributed by atoms with E-state index in [1.165, 1.54) is 18.7 Å². The summed E-state index contributed by atoms with van der Waals surface area (Å²) in [7, 11) is 1.86. The van der Waals surface area contributed by atoms with Crippen LogP contribution < -0.4 is 0 Å². The van der Waals surface area contributed by atoms with Crippen LogP contribution in [0.3, 0.4) is 0 Å². The monoisotopic (exact) mass is 416 g/mol. The maximum absolute atomic E-state index is 12.9. The zero-order chi connectivity index (χ0) is 20.6. The van der Waals surface area contributed by atoms with Crippen LogP contribution in [-0.4, -0.2) is 36.6 Å². The van der Waals surface area contributed by atoms with Crippen LogP contribution in [0.5, 0.6) is 0 Å². The topological polar surface area (TPSA) is 80.6 Å². The second-order valence-corrected chi connectivity index (χ2v) is 8.42. The molecular formula is C20H21ClN4O2S. The van der Waals surface area contributed by atoms with Crippen molar-refractivity contribution in [2.24, 2.45) is 7.05 Å². The highest BCUT2D eigenvalue weighted by atomic mass is 35.5. The largest absolute Gasteiger partial charge is 0.355 e. The van der Waals surface area contributed by atoms with E-state index < -0.39 is 5.25 Å². The van der Waals surface area contributed by atoms with Crippen molar-refractivity contribution in [3.05, 3.63) is 51.8 Å². The molecule has 1 N–H and O–H groups in total. The first-order valence-corrected chi connectivity index (χ1v) is 10.0. The summed E-state index contributed by atoms with van der Waals surface area (Å²) in [5.41, 5.74) is 3.37. The summed E-state index contributed by atoms with van der Waals surface area (Å²) in [5.74, 6) is 0.574. The lowest BCUT2D eigenvalue weighted by Crippen LogP contribution is -2.16. The minimum Gasteiger partial charge on any atom is -0.355 e. The zero-order valence-electron chi connectivity index (χ0n) is 16.3. The fourth-order valence-electron chi connectivity index (χ4n) is 3.21. The highest BCUT2D eigenvalue weighted by Crippen LogP contribution is 2.29. The summed E-state index contributed by atoms with van der Waals surface area (Å²) < 4.78 is 1.85. The van der Waals surface area contributed by atoms with Crippen LogP contribution in [0.15, 0.2) is 29.4 Å². The van der Waals surface area contributed by atoms with Crippen LogP contribution >= 0.6 is 23.4 Å². The Morgan fingerprint density at radius 3 is 2.39 bits per heavy atom. The number of nitrogens with one attached hydrogen (secondary N) is 1. The molecule has 3 aromatic rings. The zero-order valence-corrected chi connectivity index (χ0v) is 17.9. The third-order valence-electron chi connectivity index (χ3n) is 4.62. The van der Waals surface area contributed by atoms with Gasteiger partial charge in [-0.1, -0.05) is 23.4 Å². The molecule has 0 aliphatic heterocycles. The molecule has 2 heterocycles. The summed E-state index contributed by atoms with van der Waals surface area (Å²) >= 11 is 7.28. The van der Waals surface area contributed by atoms with E-state index in [-0.39, 0.29) is 11.6 Å². The molecule has 1 atom stereocenters.